The topological polar surface area (TPSA) is 49.6 Å². The van der Waals surface area contributed by atoms with Crippen molar-refractivity contribution in [2.75, 3.05) is 33.2 Å². The number of nitrogens with zero attached hydrogens (tertiary/aromatic N) is 2. The van der Waals surface area contributed by atoms with Crippen LogP contribution in [-0.2, 0) is 4.79 Å². The summed E-state index contributed by atoms with van der Waals surface area (Å²) in [7, 11) is 1.99. The van der Waals surface area contributed by atoms with Crippen LogP contribution >= 0.6 is 24.8 Å². The molecule has 2 atom stereocenters. The summed E-state index contributed by atoms with van der Waals surface area (Å²) in [6, 6.07) is 10.3. The quantitative estimate of drug-likeness (QED) is 0.887. The lowest BCUT2D eigenvalue weighted by Crippen LogP contribution is -2.39. The van der Waals surface area contributed by atoms with Crippen molar-refractivity contribution in [1.29, 1.82) is 0 Å². The lowest BCUT2D eigenvalue weighted by molar-refractivity contribution is -0.131. The number of amides is 1. The van der Waals surface area contributed by atoms with Crippen LogP contribution in [0.2, 0.25) is 0 Å². The molecule has 2 N–H and O–H groups in total. The molecule has 1 aromatic rings. The molecule has 1 aliphatic rings. The highest BCUT2D eigenvalue weighted by molar-refractivity contribution is 5.85. The van der Waals surface area contributed by atoms with Gasteiger partial charge >= 0.3 is 0 Å². The number of rotatable bonds is 5. The van der Waals surface area contributed by atoms with Gasteiger partial charge in [0.15, 0.2) is 0 Å². The van der Waals surface area contributed by atoms with Crippen LogP contribution in [-0.4, -0.2) is 55.0 Å². The molecule has 1 heterocycles. The second kappa shape index (κ2) is 10.1. The molecule has 2 rings (SSSR count). The summed E-state index contributed by atoms with van der Waals surface area (Å²) >= 11 is 0. The Morgan fingerprint density at radius 2 is 1.91 bits per heavy atom. The van der Waals surface area contributed by atoms with Crippen molar-refractivity contribution < 1.29 is 4.79 Å². The number of halogens is 2. The normalized spacial score (nSPS) is 20.5. The van der Waals surface area contributed by atoms with Gasteiger partial charge in [-0.3, -0.25) is 9.69 Å². The van der Waals surface area contributed by atoms with Crippen LogP contribution in [0.15, 0.2) is 30.3 Å². The van der Waals surface area contributed by atoms with Crippen molar-refractivity contribution in [2.45, 2.75) is 25.3 Å². The Morgan fingerprint density at radius 3 is 2.50 bits per heavy atom. The summed E-state index contributed by atoms with van der Waals surface area (Å²) in [6.07, 6.45) is 1.07. The minimum Gasteiger partial charge on any atom is -0.339 e. The highest BCUT2D eigenvalue weighted by Crippen LogP contribution is 2.26. The van der Waals surface area contributed by atoms with Crippen LogP contribution in [0.25, 0.3) is 0 Å². The number of hydrogen-bond acceptors (Lipinski definition) is 3. The van der Waals surface area contributed by atoms with E-state index in [-0.39, 0.29) is 42.7 Å². The Balaban J connectivity index is 0.00000220. The van der Waals surface area contributed by atoms with Crippen molar-refractivity contribution in [3.63, 3.8) is 0 Å². The van der Waals surface area contributed by atoms with Gasteiger partial charge in [-0.15, -0.1) is 24.8 Å². The van der Waals surface area contributed by atoms with Gasteiger partial charge in [0, 0.05) is 25.0 Å². The molecular formula is C16H27Cl2N3O. The summed E-state index contributed by atoms with van der Waals surface area (Å²) in [5.41, 5.74) is 7.45. The van der Waals surface area contributed by atoms with Crippen LogP contribution in [0, 0.1) is 0 Å². The van der Waals surface area contributed by atoms with Gasteiger partial charge in [-0.2, -0.15) is 0 Å². The highest BCUT2D eigenvalue weighted by Gasteiger charge is 2.33. The minimum absolute atomic E-state index is 0. The predicted octanol–water partition coefficient (Wildman–Crippen LogP) is 2.13. The molecule has 1 aliphatic heterocycles. The molecule has 126 valence electrons. The zero-order chi connectivity index (χ0) is 14.5. The van der Waals surface area contributed by atoms with Gasteiger partial charge in [0.2, 0.25) is 5.91 Å². The first-order valence-electron chi connectivity index (χ1n) is 7.38. The van der Waals surface area contributed by atoms with E-state index in [0.29, 0.717) is 13.1 Å². The average Bonchev–Trinajstić information content (AvgIpc) is 2.82. The van der Waals surface area contributed by atoms with Gasteiger partial charge in [0.25, 0.3) is 0 Å². The molecule has 0 bridgehead atoms. The summed E-state index contributed by atoms with van der Waals surface area (Å²) < 4.78 is 0. The minimum atomic E-state index is 0. The average molecular weight is 348 g/mol. The Morgan fingerprint density at radius 1 is 1.27 bits per heavy atom. The molecule has 1 aromatic carbocycles. The van der Waals surface area contributed by atoms with Gasteiger partial charge in [0.05, 0.1) is 6.54 Å². The van der Waals surface area contributed by atoms with Crippen LogP contribution in [0.3, 0.4) is 0 Å². The van der Waals surface area contributed by atoms with Crippen molar-refractivity contribution in [1.82, 2.24) is 9.80 Å². The molecule has 0 aromatic heterocycles. The Hall–Kier alpha value is -0.810. The summed E-state index contributed by atoms with van der Waals surface area (Å²) in [5.74, 6) is 0.450. The number of benzene rings is 1. The zero-order valence-electron chi connectivity index (χ0n) is 13.3. The van der Waals surface area contributed by atoms with Crippen LogP contribution < -0.4 is 5.73 Å². The molecule has 4 nitrogen and oxygen atoms in total. The number of carbonyl (C=O) groups excluding carboxylic acids is 1. The van der Waals surface area contributed by atoms with Gasteiger partial charge in [-0.25, -0.2) is 0 Å². The van der Waals surface area contributed by atoms with E-state index < -0.39 is 0 Å². The van der Waals surface area contributed by atoms with Crippen LogP contribution in [0.1, 0.15) is 24.8 Å². The first-order valence-corrected chi connectivity index (χ1v) is 7.38. The maximum atomic E-state index is 12.3. The van der Waals surface area contributed by atoms with Crippen molar-refractivity contribution >= 4 is 30.7 Å². The zero-order valence-corrected chi connectivity index (χ0v) is 14.9. The number of likely N-dealkylation sites (N-methyl/N-ethyl adjacent to an activating group) is 1. The smallest absolute Gasteiger partial charge is 0.236 e. The second-order valence-electron chi connectivity index (χ2n) is 5.72. The molecule has 6 heteroatoms. The maximum Gasteiger partial charge on any atom is 0.236 e. The van der Waals surface area contributed by atoms with E-state index in [9.17, 15) is 4.79 Å². The van der Waals surface area contributed by atoms with E-state index in [1.807, 2.05) is 30.1 Å². The predicted molar refractivity (Wildman–Crippen MR) is 96.0 cm³/mol. The molecule has 1 fully saturated rings. The van der Waals surface area contributed by atoms with Crippen molar-refractivity contribution in [3.05, 3.63) is 35.9 Å². The third kappa shape index (κ3) is 5.43. The van der Waals surface area contributed by atoms with E-state index in [0.717, 1.165) is 19.5 Å². The van der Waals surface area contributed by atoms with Crippen LogP contribution in [0.4, 0.5) is 0 Å². The molecule has 0 aliphatic carbocycles. The summed E-state index contributed by atoms with van der Waals surface area (Å²) in [4.78, 5) is 16.3. The Kier molecular flexibility index (Phi) is 9.69. The molecule has 22 heavy (non-hydrogen) atoms. The fraction of sp³-hybridized carbons (Fsp3) is 0.562. The molecule has 0 radical (unpaired) electrons. The second-order valence-corrected chi connectivity index (χ2v) is 5.72. The van der Waals surface area contributed by atoms with Crippen LogP contribution in [0.5, 0.6) is 0 Å². The van der Waals surface area contributed by atoms with Gasteiger partial charge in [-0.1, -0.05) is 37.3 Å². The maximum absolute atomic E-state index is 12.3. The lowest BCUT2D eigenvalue weighted by Gasteiger charge is -2.21. The Bertz CT molecular complexity index is 444. The van der Waals surface area contributed by atoms with E-state index in [2.05, 4.69) is 24.0 Å². The fourth-order valence-corrected chi connectivity index (χ4v) is 2.88. The van der Waals surface area contributed by atoms with Crippen molar-refractivity contribution in [3.8, 4) is 0 Å². The van der Waals surface area contributed by atoms with Gasteiger partial charge in [0.1, 0.15) is 0 Å². The van der Waals surface area contributed by atoms with Gasteiger partial charge < -0.3 is 10.6 Å². The third-order valence-electron chi connectivity index (χ3n) is 3.96. The van der Waals surface area contributed by atoms with Gasteiger partial charge in [-0.05, 0) is 25.6 Å². The number of nitrogens with two attached hydrogens (primary N) is 1. The van der Waals surface area contributed by atoms with E-state index >= 15 is 0 Å². The molecule has 0 unspecified atom stereocenters. The third-order valence-corrected chi connectivity index (χ3v) is 3.96. The Labute approximate surface area is 145 Å². The van der Waals surface area contributed by atoms with E-state index in [1.54, 1.807) is 0 Å². The number of hydrogen-bond donors (Lipinski definition) is 1. The first kappa shape index (κ1) is 21.2. The monoisotopic (exact) mass is 347 g/mol. The SMILES string of the molecule is CCCN(C)CC(=O)N1C[C@@H](N)[C@H](c2ccccc2)C1.Cl.Cl. The lowest BCUT2D eigenvalue weighted by atomic mass is 9.95. The molecule has 1 amide bonds. The first-order chi connectivity index (χ1) is 9.61. The molecule has 0 spiro atoms. The fourth-order valence-electron chi connectivity index (χ4n) is 2.88. The molecular weight excluding hydrogens is 321 g/mol. The summed E-state index contributed by atoms with van der Waals surface area (Å²) in [5, 5.41) is 0. The summed E-state index contributed by atoms with van der Waals surface area (Å²) in [6.45, 7) is 4.97. The largest absolute Gasteiger partial charge is 0.339 e. The standard InChI is InChI=1S/C16H25N3O.2ClH/c1-3-9-18(2)12-16(20)19-10-14(15(17)11-19)13-7-5-4-6-8-13;;/h4-8,14-15H,3,9-12,17H2,1-2H3;2*1H/t14-,15+;;/m0../s1. The van der Waals surface area contributed by atoms with E-state index in [4.69, 9.17) is 5.73 Å². The molecule has 1 saturated heterocycles. The highest BCUT2D eigenvalue weighted by atomic mass is 35.5. The van der Waals surface area contributed by atoms with Crippen molar-refractivity contribution in [2.24, 2.45) is 5.73 Å². The van der Waals surface area contributed by atoms with E-state index in [1.165, 1.54) is 5.56 Å². The number of likely N-dealkylation sites (tertiary alicyclic amines) is 1. The number of carbonyl (C=O) groups is 1. The molecule has 0 saturated carbocycles.